The third-order valence-corrected chi connectivity index (χ3v) is 15.6. The SMILES string of the molecule is CC12CCCCC1(C)N(c1cccc(F)c1)c1ccc(-c3cc(-c4cccc5ccccc45)c4ccc5c(-c6ccccc6)cc(-c6cccc7ccccc67)c6ccc3c4c56)cc12. The summed E-state index contributed by atoms with van der Waals surface area (Å²) in [6, 6.07) is 70.9. The molecule has 1 aliphatic heterocycles. The van der Waals surface area contributed by atoms with Crippen molar-refractivity contribution < 1.29 is 4.39 Å². The summed E-state index contributed by atoms with van der Waals surface area (Å²) < 4.78 is 15.0. The number of rotatable bonds is 5. The van der Waals surface area contributed by atoms with Gasteiger partial charge in [-0.3, -0.25) is 0 Å². The van der Waals surface area contributed by atoms with Crippen molar-refractivity contribution in [1.82, 2.24) is 0 Å². The molecule has 0 aromatic heterocycles. The predicted octanol–water partition coefficient (Wildman–Crippen LogP) is 17.4. The highest BCUT2D eigenvalue weighted by Gasteiger charge is 2.57. The predicted molar refractivity (Wildman–Crippen MR) is 270 cm³/mol. The lowest BCUT2D eigenvalue weighted by Gasteiger charge is -2.50. The third kappa shape index (κ3) is 5.23. The van der Waals surface area contributed by atoms with E-state index in [-0.39, 0.29) is 16.8 Å². The number of nitrogens with zero attached hydrogens (tertiary/aromatic N) is 1. The highest BCUT2D eigenvalue weighted by Crippen LogP contribution is 2.61. The monoisotopic (exact) mass is 823 g/mol. The Morgan fingerprint density at radius 3 is 1.56 bits per heavy atom. The zero-order valence-corrected chi connectivity index (χ0v) is 36.1. The maximum atomic E-state index is 15.0. The molecule has 306 valence electrons. The van der Waals surface area contributed by atoms with Crippen LogP contribution in [0.25, 0.3) is 98.4 Å². The van der Waals surface area contributed by atoms with Gasteiger partial charge in [-0.25, -0.2) is 4.39 Å². The maximum absolute atomic E-state index is 15.0. The molecule has 2 heteroatoms. The fraction of sp³-hybridized carbons (Fsp3) is 0.129. The molecule has 0 N–H and O–H groups in total. The largest absolute Gasteiger partial charge is 0.334 e. The summed E-state index contributed by atoms with van der Waals surface area (Å²) in [6.07, 6.45) is 4.48. The first-order valence-corrected chi connectivity index (χ1v) is 22.9. The molecule has 1 fully saturated rings. The van der Waals surface area contributed by atoms with E-state index in [1.54, 1.807) is 12.1 Å². The summed E-state index contributed by atoms with van der Waals surface area (Å²) in [4.78, 5) is 2.47. The van der Waals surface area contributed by atoms with Crippen LogP contribution in [0.4, 0.5) is 15.8 Å². The van der Waals surface area contributed by atoms with Gasteiger partial charge in [0.1, 0.15) is 5.82 Å². The Morgan fingerprint density at radius 1 is 0.406 bits per heavy atom. The molecule has 11 aromatic carbocycles. The molecule has 0 bridgehead atoms. The van der Waals surface area contributed by atoms with Crippen LogP contribution in [-0.4, -0.2) is 5.54 Å². The van der Waals surface area contributed by atoms with Gasteiger partial charge >= 0.3 is 0 Å². The van der Waals surface area contributed by atoms with Crippen molar-refractivity contribution in [3.63, 3.8) is 0 Å². The molecular formula is C62H46FN. The van der Waals surface area contributed by atoms with Crippen LogP contribution < -0.4 is 4.90 Å². The Morgan fingerprint density at radius 2 is 0.938 bits per heavy atom. The summed E-state index contributed by atoms with van der Waals surface area (Å²) in [5.41, 5.74) is 13.0. The first-order chi connectivity index (χ1) is 31.4. The lowest BCUT2D eigenvalue weighted by Crippen LogP contribution is -2.54. The number of anilines is 2. The quantitative estimate of drug-likeness (QED) is 0.156. The van der Waals surface area contributed by atoms with Gasteiger partial charge in [0.2, 0.25) is 0 Å². The number of hydrogen-bond acceptors (Lipinski definition) is 1. The maximum Gasteiger partial charge on any atom is 0.125 e. The molecule has 1 heterocycles. The van der Waals surface area contributed by atoms with Crippen molar-refractivity contribution >= 4 is 65.2 Å². The van der Waals surface area contributed by atoms with Crippen molar-refractivity contribution in [3.8, 4) is 44.5 Å². The Hall–Kier alpha value is -7.29. The molecule has 0 spiro atoms. The van der Waals surface area contributed by atoms with E-state index in [2.05, 4.69) is 195 Å². The van der Waals surface area contributed by atoms with Gasteiger partial charge in [0.15, 0.2) is 0 Å². The van der Waals surface area contributed by atoms with Gasteiger partial charge in [-0.15, -0.1) is 0 Å². The van der Waals surface area contributed by atoms with Gasteiger partial charge in [0, 0.05) is 16.8 Å². The lowest BCUT2D eigenvalue weighted by molar-refractivity contribution is 0.195. The van der Waals surface area contributed by atoms with E-state index in [0.29, 0.717) is 0 Å². The molecule has 64 heavy (non-hydrogen) atoms. The van der Waals surface area contributed by atoms with Crippen LogP contribution in [0.3, 0.4) is 0 Å². The zero-order valence-electron chi connectivity index (χ0n) is 36.1. The Bertz CT molecular complexity index is 3670. The number of halogens is 1. The molecule has 0 amide bonds. The van der Waals surface area contributed by atoms with E-state index in [1.807, 2.05) is 6.07 Å². The highest BCUT2D eigenvalue weighted by molar-refractivity contribution is 6.32. The Balaban J connectivity index is 1.15. The summed E-state index contributed by atoms with van der Waals surface area (Å²) in [5, 5.41) is 12.6. The zero-order chi connectivity index (χ0) is 42.7. The molecule has 1 nitrogen and oxygen atoms in total. The van der Waals surface area contributed by atoms with Crippen LogP contribution in [-0.2, 0) is 5.41 Å². The summed E-state index contributed by atoms with van der Waals surface area (Å²) >= 11 is 0. The van der Waals surface area contributed by atoms with Gasteiger partial charge in [-0.05, 0) is 166 Å². The summed E-state index contributed by atoms with van der Waals surface area (Å²) in [7, 11) is 0. The van der Waals surface area contributed by atoms with E-state index in [9.17, 15) is 0 Å². The van der Waals surface area contributed by atoms with Gasteiger partial charge in [-0.2, -0.15) is 0 Å². The first-order valence-electron chi connectivity index (χ1n) is 22.9. The van der Waals surface area contributed by atoms with Crippen molar-refractivity contribution in [3.05, 3.63) is 206 Å². The number of benzene rings is 11. The van der Waals surface area contributed by atoms with Gasteiger partial charge in [0.05, 0.1) is 5.54 Å². The molecule has 2 unspecified atom stereocenters. The van der Waals surface area contributed by atoms with Crippen molar-refractivity contribution in [1.29, 1.82) is 0 Å². The van der Waals surface area contributed by atoms with E-state index in [4.69, 9.17) is 0 Å². The molecule has 1 saturated carbocycles. The van der Waals surface area contributed by atoms with E-state index < -0.39 is 0 Å². The minimum atomic E-state index is -0.197. The minimum absolute atomic E-state index is 0.122. The molecule has 1 aliphatic carbocycles. The van der Waals surface area contributed by atoms with Gasteiger partial charge < -0.3 is 4.90 Å². The average Bonchev–Trinajstić information content (AvgIpc) is 3.55. The Labute approximate surface area is 373 Å². The second-order valence-electron chi connectivity index (χ2n) is 18.8. The lowest BCUT2D eigenvalue weighted by atomic mass is 9.61. The van der Waals surface area contributed by atoms with Crippen LogP contribution in [0.1, 0.15) is 45.1 Å². The van der Waals surface area contributed by atoms with Crippen molar-refractivity contribution in [2.75, 3.05) is 4.90 Å². The second-order valence-corrected chi connectivity index (χ2v) is 18.8. The topological polar surface area (TPSA) is 3.24 Å². The standard InChI is InChI=1S/C62H46FN/c1-61-33-10-11-34-62(61,2)64(44-22-14-21-43(63)36-44)58-32-27-42(35-57(58)61)54-38-56(48-26-13-20-40-18-7-9-24-46(40)48)52-30-28-49-53(41-15-4-3-5-16-41)37-55(51-31-29-50(54)60(52)59(49)51)47-25-12-19-39-17-6-8-23-45(39)47/h3-9,12-32,35-38H,10-11,33-34H2,1-2H3. The highest BCUT2D eigenvalue weighted by atomic mass is 19.1. The van der Waals surface area contributed by atoms with Crippen LogP contribution in [0.5, 0.6) is 0 Å². The van der Waals surface area contributed by atoms with E-state index in [1.165, 1.54) is 116 Å². The molecule has 11 aromatic rings. The Kier molecular flexibility index (Phi) is 8.07. The molecule has 13 rings (SSSR count). The first kappa shape index (κ1) is 37.3. The summed E-state index contributed by atoms with van der Waals surface area (Å²) in [5.74, 6) is -0.197. The van der Waals surface area contributed by atoms with Crippen LogP contribution in [0.2, 0.25) is 0 Å². The van der Waals surface area contributed by atoms with Gasteiger partial charge in [0.25, 0.3) is 0 Å². The van der Waals surface area contributed by atoms with Crippen molar-refractivity contribution in [2.45, 2.75) is 50.5 Å². The number of fused-ring (bicyclic) bond motifs is 5. The normalized spacial score (nSPS) is 18.4. The molecule has 0 radical (unpaired) electrons. The van der Waals surface area contributed by atoms with E-state index in [0.717, 1.165) is 24.9 Å². The van der Waals surface area contributed by atoms with Crippen LogP contribution in [0, 0.1) is 5.82 Å². The second kappa shape index (κ2) is 13.9. The van der Waals surface area contributed by atoms with E-state index >= 15 is 4.39 Å². The van der Waals surface area contributed by atoms with Crippen LogP contribution >= 0.6 is 0 Å². The third-order valence-electron chi connectivity index (χ3n) is 15.6. The van der Waals surface area contributed by atoms with Crippen LogP contribution in [0.15, 0.2) is 194 Å². The molecule has 0 saturated heterocycles. The average molecular weight is 824 g/mol. The molecular weight excluding hydrogens is 778 g/mol. The number of hydrogen-bond donors (Lipinski definition) is 0. The fourth-order valence-corrected chi connectivity index (χ4v) is 12.4. The smallest absolute Gasteiger partial charge is 0.125 e. The summed E-state index contributed by atoms with van der Waals surface area (Å²) in [6.45, 7) is 4.89. The minimum Gasteiger partial charge on any atom is -0.334 e. The molecule has 2 aliphatic rings. The fourth-order valence-electron chi connectivity index (χ4n) is 12.4. The van der Waals surface area contributed by atoms with Crippen molar-refractivity contribution in [2.24, 2.45) is 0 Å². The van der Waals surface area contributed by atoms with Gasteiger partial charge in [-0.1, -0.05) is 171 Å². The molecule has 2 atom stereocenters.